The fraction of sp³-hybridized carbons (Fsp3) is 0.500. The van der Waals surface area contributed by atoms with E-state index in [9.17, 15) is 13.2 Å². The van der Waals surface area contributed by atoms with E-state index in [1.165, 1.54) is 12.5 Å². The number of aromatic nitrogens is 2. The monoisotopic (exact) mass is 334 g/mol. The molecule has 1 fully saturated rings. The Bertz CT molecular complexity index is 647. The van der Waals surface area contributed by atoms with Gasteiger partial charge in [-0.25, -0.2) is 4.98 Å². The van der Waals surface area contributed by atoms with Crippen LogP contribution in [0, 0.1) is 0 Å². The third kappa shape index (κ3) is 3.01. The van der Waals surface area contributed by atoms with Crippen LogP contribution in [-0.4, -0.2) is 20.6 Å². The van der Waals surface area contributed by atoms with Crippen molar-refractivity contribution in [1.82, 2.24) is 9.55 Å². The molecule has 3 rings (SSSR count). The van der Waals surface area contributed by atoms with Gasteiger partial charge in [-0.05, 0) is 36.8 Å². The SMILES string of the molecule is FC(F)(F)c1ccc2c(c1)nc(CCl)n2CC1CCCS1. The fourth-order valence-corrected chi connectivity index (χ4v) is 4.11. The van der Waals surface area contributed by atoms with Gasteiger partial charge in [0.1, 0.15) is 5.82 Å². The molecule has 2 nitrogen and oxygen atoms in total. The van der Waals surface area contributed by atoms with Crippen LogP contribution in [-0.2, 0) is 18.6 Å². The minimum atomic E-state index is -4.35. The molecule has 114 valence electrons. The van der Waals surface area contributed by atoms with Gasteiger partial charge >= 0.3 is 6.18 Å². The topological polar surface area (TPSA) is 17.8 Å². The van der Waals surface area contributed by atoms with Gasteiger partial charge in [0.15, 0.2) is 0 Å². The predicted molar refractivity (Wildman–Crippen MR) is 79.8 cm³/mol. The van der Waals surface area contributed by atoms with Crippen molar-refractivity contribution in [2.75, 3.05) is 5.75 Å². The van der Waals surface area contributed by atoms with Gasteiger partial charge in [0, 0.05) is 11.8 Å². The maximum Gasteiger partial charge on any atom is 0.416 e. The normalized spacial score (nSPS) is 19.5. The number of fused-ring (bicyclic) bond motifs is 1. The van der Waals surface area contributed by atoms with E-state index in [0.29, 0.717) is 16.6 Å². The zero-order chi connectivity index (χ0) is 15.0. The molecular weight excluding hydrogens is 321 g/mol. The molecule has 0 saturated carbocycles. The van der Waals surface area contributed by atoms with Crippen molar-refractivity contribution >= 4 is 34.4 Å². The first-order valence-electron chi connectivity index (χ1n) is 6.73. The molecule has 0 radical (unpaired) electrons. The molecule has 2 aromatic rings. The number of imidazole rings is 1. The number of nitrogens with zero attached hydrogens (tertiary/aromatic N) is 2. The van der Waals surface area contributed by atoms with Gasteiger partial charge in [-0.15, -0.1) is 11.6 Å². The highest BCUT2D eigenvalue weighted by Crippen LogP contribution is 2.33. The van der Waals surface area contributed by atoms with Crippen LogP contribution in [0.25, 0.3) is 11.0 Å². The number of thioether (sulfide) groups is 1. The lowest BCUT2D eigenvalue weighted by molar-refractivity contribution is -0.137. The molecular formula is C14H14ClF3N2S. The van der Waals surface area contributed by atoms with Crippen LogP contribution in [0.2, 0.25) is 0 Å². The lowest BCUT2D eigenvalue weighted by Crippen LogP contribution is -2.12. The third-order valence-electron chi connectivity index (χ3n) is 3.68. The van der Waals surface area contributed by atoms with Crippen molar-refractivity contribution in [1.29, 1.82) is 0 Å². The molecule has 0 aliphatic carbocycles. The van der Waals surface area contributed by atoms with Crippen molar-refractivity contribution in [2.45, 2.75) is 36.7 Å². The lowest BCUT2D eigenvalue weighted by atomic mass is 10.2. The van der Waals surface area contributed by atoms with Gasteiger partial charge in [-0.1, -0.05) is 0 Å². The summed E-state index contributed by atoms with van der Waals surface area (Å²) in [6, 6.07) is 3.71. The van der Waals surface area contributed by atoms with E-state index in [0.717, 1.165) is 36.4 Å². The van der Waals surface area contributed by atoms with Gasteiger partial charge < -0.3 is 4.57 Å². The zero-order valence-corrected chi connectivity index (χ0v) is 12.7. The summed E-state index contributed by atoms with van der Waals surface area (Å²) in [5.74, 6) is 1.98. The Labute approximate surface area is 129 Å². The average molecular weight is 335 g/mol. The number of alkyl halides is 4. The molecule has 0 amide bonds. The van der Waals surface area contributed by atoms with Crippen LogP contribution < -0.4 is 0 Å². The maximum atomic E-state index is 12.8. The molecule has 1 aliphatic heterocycles. The van der Waals surface area contributed by atoms with Crippen molar-refractivity contribution in [3.05, 3.63) is 29.6 Å². The largest absolute Gasteiger partial charge is 0.416 e. The maximum absolute atomic E-state index is 12.8. The van der Waals surface area contributed by atoms with Crippen molar-refractivity contribution in [3.63, 3.8) is 0 Å². The Balaban J connectivity index is 2.01. The number of halogens is 4. The minimum Gasteiger partial charge on any atom is -0.326 e. The van der Waals surface area contributed by atoms with Crippen LogP contribution in [0.1, 0.15) is 24.2 Å². The summed E-state index contributed by atoms with van der Waals surface area (Å²) in [4.78, 5) is 4.27. The highest BCUT2D eigenvalue weighted by atomic mass is 35.5. The molecule has 0 N–H and O–H groups in total. The van der Waals surface area contributed by atoms with Gasteiger partial charge in [-0.2, -0.15) is 24.9 Å². The highest BCUT2D eigenvalue weighted by Gasteiger charge is 2.31. The molecule has 1 saturated heterocycles. The van der Waals surface area contributed by atoms with E-state index < -0.39 is 11.7 Å². The van der Waals surface area contributed by atoms with Gasteiger partial charge in [0.2, 0.25) is 0 Å². The van der Waals surface area contributed by atoms with Crippen LogP contribution in [0.4, 0.5) is 13.2 Å². The van der Waals surface area contributed by atoms with E-state index in [1.807, 2.05) is 16.3 Å². The quantitative estimate of drug-likeness (QED) is 0.758. The standard InChI is InChI=1S/C14H14ClF3N2S/c15-7-13-19-11-6-9(14(16,17)18)3-4-12(11)20(13)8-10-2-1-5-21-10/h3-4,6,10H,1-2,5,7-8H2. The molecule has 1 atom stereocenters. The van der Waals surface area contributed by atoms with Gasteiger partial charge in [0.25, 0.3) is 0 Å². The smallest absolute Gasteiger partial charge is 0.326 e. The fourth-order valence-electron chi connectivity index (χ4n) is 2.65. The average Bonchev–Trinajstić information content (AvgIpc) is 3.05. The van der Waals surface area contributed by atoms with Gasteiger partial charge in [0.05, 0.1) is 22.5 Å². The Kier molecular flexibility index (Phi) is 4.10. The summed E-state index contributed by atoms with van der Waals surface area (Å²) >= 11 is 7.81. The van der Waals surface area contributed by atoms with Crippen LogP contribution >= 0.6 is 23.4 Å². The number of hydrogen-bond acceptors (Lipinski definition) is 2. The van der Waals surface area contributed by atoms with Crippen molar-refractivity contribution in [3.8, 4) is 0 Å². The summed E-state index contributed by atoms with van der Waals surface area (Å²) in [5, 5.41) is 0.492. The van der Waals surface area contributed by atoms with Crippen LogP contribution in [0.3, 0.4) is 0 Å². The molecule has 1 aliphatic rings. The Morgan fingerprint density at radius 3 is 2.81 bits per heavy atom. The summed E-state index contributed by atoms with van der Waals surface area (Å²) < 4.78 is 40.3. The molecule has 0 bridgehead atoms. The van der Waals surface area contributed by atoms with Gasteiger partial charge in [-0.3, -0.25) is 0 Å². The van der Waals surface area contributed by atoms with Crippen molar-refractivity contribution in [2.24, 2.45) is 0 Å². The lowest BCUT2D eigenvalue weighted by Gasteiger charge is -2.13. The van der Waals surface area contributed by atoms with E-state index in [4.69, 9.17) is 11.6 Å². The summed E-state index contributed by atoms with van der Waals surface area (Å²) in [6.45, 7) is 0.759. The first-order valence-corrected chi connectivity index (χ1v) is 8.31. The Hall–Kier alpha value is -0.880. The number of benzene rings is 1. The van der Waals surface area contributed by atoms with Crippen LogP contribution in [0.15, 0.2) is 18.2 Å². The zero-order valence-electron chi connectivity index (χ0n) is 11.2. The third-order valence-corrected chi connectivity index (χ3v) is 5.30. The summed E-state index contributed by atoms with van der Waals surface area (Å²) in [7, 11) is 0. The van der Waals surface area contributed by atoms with Crippen LogP contribution in [0.5, 0.6) is 0 Å². The second-order valence-corrected chi connectivity index (χ2v) is 6.78. The minimum absolute atomic E-state index is 0.202. The number of hydrogen-bond donors (Lipinski definition) is 0. The summed E-state index contributed by atoms with van der Waals surface area (Å²) in [5.41, 5.74) is 0.422. The van der Waals surface area contributed by atoms with E-state index in [-0.39, 0.29) is 5.88 Å². The molecule has 21 heavy (non-hydrogen) atoms. The first kappa shape index (κ1) is 15.0. The molecule has 1 aromatic carbocycles. The first-order chi connectivity index (χ1) is 9.99. The van der Waals surface area contributed by atoms with E-state index in [1.54, 1.807) is 0 Å². The second-order valence-electron chi connectivity index (χ2n) is 5.11. The molecule has 1 aromatic heterocycles. The van der Waals surface area contributed by atoms with E-state index in [2.05, 4.69) is 4.98 Å². The second kappa shape index (κ2) is 5.72. The highest BCUT2D eigenvalue weighted by molar-refractivity contribution is 8.00. The number of rotatable bonds is 3. The molecule has 1 unspecified atom stereocenters. The Morgan fingerprint density at radius 1 is 1.38 bits per heavy atom. The molecule has 7 heteroatoms. The Morgan fingerprint density at radius 2 is 2.19 bits per heavy atom. The van der Waals surface area contributed by atoms with E-state index >= 15 is 0 Å². The molecule has 0 spiro atoms. The summed E-state index contributed by atoms with van der Waals surface area (Å²) in [6.07, 6.45) is -2.02. The van der Waals surface area contributed by atoms with Crippen molar-refractivity contribution < 1.29 is 13.2 Å². The predicted octanol–water partition coefficient (Wildman–Crippen LogP) is 4.69. The molecule has 2 heterocycles.